The molecule has 0 heterocycles. The molecule has 1 atom stereocenters. The molecule has 1 aromatic carbocycles. The van der Waals surface area contributed by atoms with Crippen molar-refractivity contribution in [2.24, 2.45) is 11.1 Å². The highest BCUT2D eigenvalue weighted by Gasteiger charge is 2.25. The van der Waals surface area contributed by atoms with Gasteiger partial charge in [-0.15, -0.1) is 0 Å². The van der Waals surface area contributed by atoms with Gasteiger partial charge < -0.3 is 5.73 Å². The van der Waals surface area contributed by atoms with E-state index in [1.165, 1.54) is 6.07 Å². The van der Waals surface area contributed by atoms with Crippen LogP contribution in [0.3, 0.4) is 0 Å². The molecule has 0 aromatic heterocycles. The summed E-state index contributed by atoms with van der Waals surface area (Å²) in [5, 5.41) is 0. The molecule has 3 heteroatoms. The van der Waals surface area contributed by atoms with Gasteiger partial charge in [-0.3, -0.25) is 4.90 Å². The Morgan fingerprint density at radius 2 is 2.00 bits per heavy atom. The quantitative estimate of drug-likeness (QED) is 0.780. The van der Waals surface area contributed by atoms with Gasteiger partial charge in [0.05, 0.1) is 0 Å². The van der Waals surface area contributed by atoms with Crippen LogP contribution in [0, 0.1) is 11.2 Å². The van der Waals surface area contributed by atoms with E-state index < -0.39 is 0 Å². The molecule has 0 amide bonds. The molecule has 1 unspecified atom stereocenters. The second-order valence-corrected chi connectivity index (χ2v) is 6.32. The molecule has 0 saturated carbocycles. The number of rotatable bonds is 8. The van der Waals surface area contributed by atoms with Crippen LogP contribution in [0.25, 0.3) is 0 Å². The lowest BCUT2D eigenvalue weighted by molar-refractivity contribution is 0.128. The summed E-state index contributed by atoms with van der Waals surface area (Å²) in [5.74, 6) is -0.157. The first kappa shape index (κ1) is 17.1. The minimum absolute atomic E-state index is 0.0793. The molecule has 0 saturated heterocycles. The zero-order valence-electron chi connectivity index (χ0n) is 13.3. The molecule has 0 aliphatic rings. The van der Waals surface area contributed by atoms with E-state index in [0.717, 1.165) is 31.5 Å². The molecule has 0 spiro atoms. The lowest BCUT2D eigenvalue weighted by Crippen LogP contribution is -2.41. The van der Waals surface area contributed by atoms with Crippen LogP contribution in [0.4, 0.5) is 4.39 Å². The molecule has 0 aliphatic heterocycles. The molecule has 2 nitrogen and oxygen atoms in total. The van der Waals surface area contributed by atoms with E-state index in [0.29, 0.717) is 6.54 Å². The maximum absolute atomic E-state index is 13.5. The molecule has 0 bridgehead atoms. The minimum Gasteiger partial charge on any atom is -0.330 e. The minimum atomic E-state index is -0.157. The third kappa shape index (κ3) is 4.88. The molecular weight excluding hydrogens is 251 g/mol. The Balaban J connectivity index is 2.97. The Labute approximate surface area is 123 Å². The Morgan fingerprint density at radius 1 is 1.30 bits per heavy atom. The SMILES string of the molecule is CCCN(CC(C)(C)CN)C(CC)c1cccc(F)c1. The van der Waals surface area contributed by atoms with Crippen molar-refractivity contribution in [1.29, 1.82) is 0 Å². The Bertz CT molecular complexity index is 404. The first-order chi connectivity index (χ1) is 9.43. The standard InChI is InChI=1S/C17H29FN2/c1-5-10-20(13-17(3,4)12-19)16(6-2)14-8-7-9-15(18)11-14/h7-9,11,16H,5-6,10,12-13,19H2,1-4H3. The third-order valence-corrected chi connectivity index (χ3v) is 3.76. The van der Waals surface area contributed by atoms with Crippen LogP contribution < -0.4 is 5.73 Å². The van der Waals surface area contributed by atoms with Gasteiger partial charge in [-0.1, -0.05) is 39.8 Å². The number of hydrogen-bond acceptors (Lipinski definition) is 2. The van der Waals surface area contributed by atoms with Crippen LogP contribution in [-0.2, 0) is 0 Å². The van der Waals surface area contributed by atoms with E-state index in [1.54, 1.807) is 12.1 Å². The van der Waals surface area contributed by atoms with E-state index >= 15 is 0 Å². The summed E-state index contributed by atoms with van der Waals surface area (Å²) in [7, 11) is 0. The van der Waals surface area contributed by atoms with Crippen LogP contribution in [0.15, 0.2) is 24.3 Å². The largest absolute Gasteiger partial charge is 0.330 e. The summed E-state index contributed by atoms with van der Waals surface area (Å²) in [5.41, 5.74) is 7.01. The van der Waals surface area contributed by atoms with Gasteiger partial charge >= 0.3 is 0 Å². The van der Waals surface area contributed by atoms with Crippen molar-refractivity contribution in [2.75, 3.05) is 19.6 Å². The summed E-state index contributed by atoms with van der Waals surface area (Å²) in [6.07, 6.45) is 2.07. The van der Waals surface area contributed by atoms with Crippen molar-refractivity contribution < 1.29 is 4.39 Å². The van der Waals surface area contributed by atoms with E-state index in [1.807, 2.05) is 6.07 Å². The zero-order chi connectivity index (χ0) is 15.2. The molecule has 20 heavy (non-hydrogen) atoms. The Hall–Kier alpha value is -0.930. The normalized spacial score (nSPS) is 13.8. The maximum atomic E-state index is 13.5. The molecule has 2 N–H and O–H groups in total. The summed E-state index contributed by atoms with van der Waals surface area (Å²) in [6, 6.07) is 7.24. The first-order valence-corrected chi connectivity index (χ1v) is 7.63. The number of nitrogens with two attached hydrogens (primary N) is 1. The summed E-state index contributed by atoms with van der Waals surface area (Å²) < 4.78 is 13.5. The highest BCUT2D eigenvalue weighted by atomic mass is 19.1. The summed E-state index contributed by atoms with van der Waals surface area (Å²) >= 11 is 0. The summed E-state index contributed by atoms with van der Waals surface area (Å²) in [4.78, 5) is 2.45. The van der Waals surface area contributed by atoms with Crippen molar-refractivity contribution in [2.45, 2.75) is 46.6 Å². The topological polar surface area (TPSA) is 29.3 Å². The molecule has 1 rings (SSSR count). The van der Waals surface area contributed by atoms with Crippen molar-refractivity contribution >= 4 is 0 Å². The molecule has 0 radical (unpaired) electrons. The van der Waals surface area contributed by atoms with Gasteiger partial charge in [0.1, 0.15) is 5.82 Å². The number of hydrogen-bond donors (Lipinski definition) is 1. The fourth-order valence-electron chi connectivity index (χ4n) is 2.67. The number of halogens is 1. The smallest absolute Gasteiger partial charge is 0.123 e. The van der Waals surface area contributed by atoms with Crippen molar-refractivity contribution in [1.82, 2.24) is 4.90 Å². The molecule has 0 fully saturated rings. The van der Waals surface area contributed by atoms with Gasteiger partial charge in [-0.25, -0.2) is 4.39 Å². The number of nitrogens with zero attached hydrogens (tertiary/aromatic N) is 1. The van der Waals surface area contributed by atoms with Crippen LogP contribution in [-0.4, -0.2) is 24.5 Å². The summed E-state index contributed by atoms with van der Waals surface area (Å²) in [6.45, 7) is 11.3. The van der Waals surface area contributed by atoms with Gasteiger partial charge in [0.2, 0.25) is 0 Å². The van der Waals surface area contributed by atoms with E-state index in [-0.39, 0.29) is 17.3 Å². The zero-order valence-corrected chi connectivity index (χ0v) is 13.3. The number of benzene rings is 1. The van der Waals surface area contributed by atoms with E-state index in [4.69, 9.17) is 5.73 Å². The lowest BCUT2D eigenvalue weighted by Gasteiger charge is -2.37. The van der Waals surface area contributed by atoms with E-state index in [9.17, 15) is 4.39 Å². The van der Waals surface area contributed by atoms with Crippen molar-refractivity contribution in [3.05, 3.63) is 35.6 Å². The van der Waals surface area contributed by atoms with Crippen LogP contribution in [0.5, 0.6) is 0 Å². The average Bonchev–Trinajstić information content (AvgIpc) is 2.39. The Morgan fingerprint density at radius 3 is 2.50 bits per heavy atom. The van der Waals surface area contributed by atoms with Crippen molar-refractivity contribution in [3.63, 3.8) is 0 Å². The first-order valence-electron chi connectivity index (χ1n) is 7.63. The molecule has 114 valence electrons. The van der Waals surface area contributed by atoms with Crippen molar-refractivity contribution in [3.8, 4) is 0 Å². The highest BCUT2D eigenvalue weighted by molar-refractivity contribution is 5.20. The van der Waals surface area contributed by atoms with Gasteiger partial charge in [0.25, 0.3) is 0 Å². The fraction of sp³-hybridized carbons (Fsp3) is 0.647. The average molecular weight is 280 g/mol. The molecule has 1 aromatic rings. The monoisotopic (exact) mass is 280 g/mol. The predicted octanol–water partition coefficient (Wildman–Crippen LogP) is 3.97. The maximum Gasteiger partial charge on any atom is 0.123 e. The van der Waals surface area contributed by atoms with Gasteiger partial charge in [-0.2, -0.15) is 0 Å². The highest BCUT2D eigenvalue weighted by Crippen LogP contribution is 2.28. The lowest BCUT2D eigenvalue weighted by atomic mass is 9.91. The second kappa shape index (κ2) is 7.75. The third-order valence-electron chi connectivity index (χ3n) is 3.76. The Kier molecular flexibility index (Phi) is 6.63. The van der Waals surface area contributed by atoms with Gasteiger partial charge in [-0.05, 0) is 49.0 Å². The van der Waals surface area contributed by atoms with Crippen LogP contribution in [0.1, 0.15) is 52.1 Å². The van der Waals surface area contributed by atoms with Gasteiger partial charge in [0, 0.05) is 12.6 Å². The second-order valence-electron chi connectivity index (χ2n) is 6.32. The van der Waals surface area contributed by atoms with Crippen LogP contribution in [0.2, 0.25) is 0 Å². The fourth-order valence-corrected chi connectivity index (χ4v) is 2.67. The predicted molar refractivity (Wildman–Crippen MR) is 84.1 cm³/mol. The van der Waals surface area contributed by atoms with Crippen LogP contribution >= 0.6 is 0 Å². The molecular formula is C17H29FN2. The van der Waals surface area contributed by atoms with Gasteiger partial charge in [0.15, 0.2) is 0 Å². The molecule has 0 aliphatic carbocycles. The van der Waals surface area contributed by atoms with E-state index in [2.05, 4.69) is 32.6 Å².